The van der Waals surface area contributed by atoms with Crippen LogP contribution in [-0.2, 0) is 11.4 Å². The predicted octanol–water partition coefficient (Wildman–Crippen LogP) is 3.19. The average molecular weight is 355 g/mol. The van der Waals surface area contributed by atoms with Gasteiger partial charge in [-0.1, -0.05) is 24.3 Å². The van der Waals surface area contributed by atoms with Crippen LogP contribution < -0.4 is 5.56 Å². The Labute approximate surface area is 150 Å². The number of rotatable bonds is 3. The Hall–Kier alpha value is -2.02. The Morgan fingerprint density at radius 1 is 1.20 bits per heavy atom. The first-order valence-corrected chi connectivity index (χ1v) is 9.41. The van der Waals surface area contributed by atoms with Crippen molar-refractivity contribution in [2.45, 2.75) is 32.7 Å². The first-order chi connectivity index (χ1) is 12.1. The molecule has 0 aliphatic carbocycles. The predicted molar refractivity (Wildman–Crippen MR) is 101 cm³/mol. The van der Waals surface area contributed by atoms with E-state index in [1.807, 2.05) is 41.8 Å². The third kappa shape index (κ3) is 3.13. The molecule has 3 aromatic rings. The summed E-state index contributed by atoms with van der Waals surface area (Å²) < 4.78 is 7.30. The van der Waals surface area contributed by atoms with Gasteiger partial charge in [0.05, 0.1) is 29.6 Å². The highest BCUT2D eigenvalue weighted by Gasteiger charge is 2.24. The van der Waals surface area contributed by atoms with Crippen LogP contribution in [0.3, 0.4) is 0 Å². The zero-order valence-electron chi connectivity index (χ0n) is 14.4. The molecule has 25 heavy (non-hydrogen) atoms. The van der Waals surface area contributed by atoms with Crippen molar-refractivity contribution in [3.8, 4) is 10.6 Å². The maximum Gasteiger partial charge on any atom is 0.275 e. The molecule has 2 aromatic heterocycles. The summed E-state index contributed by atoms with van der Waals surface area (Å²) in [5, 5.41) is 8.39. The first kappa shape index (κ1) is 16.4. The van der Waals surface area contributed by atoms with Crippen molar-refractivity contribution in [3.05, 3.63) is 52.1 Å². The van der Waals surface area contributed by atoms with Gasteiger partial charge in [-0.25, -0.2) is 4.68 Å². The lowest BCUT2D eigenvalue weighted by molar-refractivity contribution is -0.0627. The first-order valence-electron chi connectivity index (χ1n) is 8.53. The smallest absolute Gasteiger partial charge is 0.275 e. The minimum Gasteiger partial charge on any atom is -0.376 e. The fourth-order valence-corrected chi connectivity index (χ4v) is 3.99. The van der Waals surface area contributed by atoms with Crippen molar-refractivity contribution >= 4 is 22.1 Å². The van der Waals surface area contributed by atoms with Gasteiger partial charge < -0.3 is 4.74 Å². The second-order valence-electron chi connectivity index (χ2n) is 6.58. The molecule has 1 aliphatic rings. The average Bonchev–Trinajstić information content (AvgIpc) is 3.15. The SMILES string of the molecule is CC1CN(Cn2nc(-c3cccs3)c3ccccc3c2=O)C(C)CO1. The Bertz CT molecular complexity index is 935. The molecule has 0 amide bonds. The number of fused-ring (bicyclic) bond motifs is 1. The van der Waals surface area contributed by atoms with E-state index < -0.39 is 0 Å². The van der Waals surface area contributed by atoms with Gasteiger partial charge in [0.15, 0.2) is 0 Å². The molecule has 3 heterocycles. The lowest BCUT2D eigenvalue weighted by atomic mass is 10.1. The van der Waals surface area contributed by atoms with Crippen LogP contribution in [-0.4, -0.2) is 40.0 Å². The number of hydrogen-bond acceptors (Lipinski definition) is 5. The van der Waals surface area contributed by atoms with E-state index in [-0.39, 0.29) is 17.7 Å². The Morgan fingerprint density at radius 2 is 2.00 bits per heavy atom. The standard InChI is InChI=1S/C19H21N3O2S/c1-13-11-24-14(2)10-21(13)12-22-19(23)16-7-4-3-6-15(16)18(20-22)17-8-5-9-25-17/h3-9,13-14H,10-12H2,1-2H3. The van der Waals surface area contributed by atoms with Crippen molar-refractivity contribution in [1.29, 1.82) is 0 Å². The number of benzene rings is 1. The summed E-state index contributed by atoms with van der Waals surface area (Å²) in [4.78, 5) is 16.3. The molecule has 0 N–H and O–H groups in total. The summed E-state index contributed by atoms with van der Waals surface area (Å²) in [5.41, 5.74) is 0.835. The second-order valence-corrected chi connectivity index (χ2v) is 7.53. The molecule has 0 spiro atoms. The Kier molecular flexibility index (Phi) is 4.41. The molecule has 1 fully saturated rings. The minimum atomic E-state index is -0.0396. The van der Waals surface area contributed by atoms with Gasteiger partial charge in [-0.15, -0.1) is 11.3 Å². The van der Waals surface area contributed by atoms with Gasteiger partial charge in [0, 0.05) is 18.0 Å². The topological polar surface area (TPSA) is 47.4 Å². The number of hydrogen-bond donors (Lipinski definition) is 0. The molecule has 130 valence electrons. The lowest BCUT2D eigenvalue weighted by Gasteiger charge is -2.36. The molecule has 0 saturated carbocycles. The minimum absolute atomic E-state index is 0.0396. The van der Waals surface area contributed by atoms with Crippen LogP contribution in [0.5, 0.6) is 0 Å². The van der Waals surface area contributed by atoms with E-state index in [9.17, 15) is 4.79 Å². The van der Waals surface area contributed by atoms with Crippen LogP contribution in [0, 0.1) is 0 Å². The van der Waals surface area contributed by atoms with Crippen LogP contribution in [0.4, 0.5) is 0 Å². The molecule has 1 aromatic carbocycles. The number of aromatic nitrogens is 2. The molecule has 1 saturated heterocycles. The normalized spacial score (nSPS) is 21.7. The van der Waals surface area contributed by atoms with Crippen LogP contribution >= 0.6 is 11.3 Å². The van der Waals surface area contributed by atoms with E-state index in [1.54, 1.807) is 16.0 Å². The molecular formula is C19H21N3O2S. The van der Waals surface area contributed by atoms with Gasteiger partial charge in [0.2, 0.25) is 0 Å². The van der Waals surface area contributed by atoms with Crippen molar-refractivity contribution in [2.75, 3.05) is 13.2 Å². The van der Waals surface area contributed by atoms with Gasteiger partial charge in [-0.2, -0.15) is 5.10 Å². The largest absolute Gasteiger partial charge is 0.376 e. The lowest BCUT2D eigenvalue weighted by Crippen LogP contribution is -2.49. The summed E-state index contributed by atoms with van der Waals surface area (Å²) in [5.74, 6) is 0. The maximum atomic E-state index is 13.0. The van der Waals surface area contributed by atoms with Gasteiger partial charge in [-0.05, 0) is 31.4 Å². The maximum absolute atomic E-state index is 13.0. The highest BCUT2D eigenvalue weighted by Crippen LogP contribution is 2.28. The molecule has 2 unspecified atom stereocenters. The number of nitrogens with zero attached hydrogens (tertiary/aromatic N) is 3. The highest BCUT2D eigenvalue weighted by molar-refractivity contribution is 7.13. The summed E-state index contributed by atoms with van der Waals surface area (Å²) in [6.07, 6.45) is 0.170. The molecule has 1 aliphatic heterocycles. The number of ether oxygens (including phenoxy) is 1. The van der Waals surface area contributed by atoms with E-state index in [4.69, 9.17) is 9.84 Å². The van der Waals surface area contributed by atoms with E-state index in [1.165, 1.54) is 0 Å². The quantitative estimate of drug-likeness (QED) is 0.724. The Balaban J connectivity index is 1.81. The second kappa shape index (κ2) is 6.71. The van der Waals surface area contributed by atoms with Crippen LogP contribution in [0.1, 0.15) is 13.8 Å². The summed E-state index contributed by atoms with van der Waals surface area (Å²) >= 11 is 1.64. The molecule has 2 atom stereocenters. The fourth-order valence-electron chi connectivity index (χ4n) is 3.27. The van der Waals surface area contributed by atoms with E-state index >= 15 is 0 Å². The molecule has 4 rings (SSSR count). The van der Waals surface area contributed by atoms with E-state index in [2.05, 4.69) is 18.7 Å². The third-order valence-electron chi connectivity index (χ3n) is 4.67. The fraction of sp³-hybridized carbons (Fsp3) is 0.368. The van der Waals surface area contributed by atoms with Gasteiger partial charge in [0.1, 0.15) is 5.69 Å². The molecule has 0 bridgehead atoms. The van der Waals surface area contributed by atoms with E-state index in [0.717, 1.165) is 27.9 Å². The van der Waals surface area contributed by atoms with E-state index in [0.29, 0.717) is 13.3 Å². The summed E-state index contributed by atoms with van der Waals surface area (Å²) in [6.45, 7) is 6.15. The molecule has 0 radical (unpaired) electrons. The van der Waals surface area contributed by atoms with Gasteiger partial charge in [0.25, 0.3) is 5.56 Å². The molecule has 5 nitrogen and oxygen atoms in total. The summed E-state index contributed by atoms with van der Waals surface area (Å²) in [7, 11) is 0. The number of morpholine rings is 1. The van der Waals surface area contributed by atoms with Crippen LogP contribution in [0.25, 0.3) is 21.3 Å². The molecule has 6 heteroatoms. The van der Waals surface area contributed by atoms with Crippen molar-refractivity contribution in [1.82, 2.24) is 14.7 Å². The van der Waals surface area contributed by atoms with Crippen molar-refractivity contribution in [2.24, 2.45) is 0 Å². The third-order valence-corrected chi connectivity index (χ3v) is 5.55. The van der Waals surface area contributed by atoms with Crippen molar-refractivity contribution in [3.63, 3.8) is 0 Å². The van der Waals surface area contributed by atoms with Crippen molar-refractivity contribution < 1.29 is 4.74 Å². The van der Waals surface area contributed by atoms with Gasteiger partial charge in [-0.3, -0.25) is 9.69 Å². The van der Waals surface area contributed by atoms with Gasteiger partial charge >= 0.3 is 0 Å². The zero-order chi connectivity index (χ0) is 17.4. The molecular weight excluding hydrogens is 334 g/mol. The van der Waals surface area contributed by atoms with Crippen LogP contribution in [0.15, 0.2) is 46.6 Å². The zero-order valence-corrected chi connectivity index (χ0v) is 15.2. The van der Waals surface area contributed by atoms with Crippen LogP contribution in [0.2, 0.25) is 0 Å². The monoisotopic (exact) mass is 355 g/mol. The Morgan fingerprint density at radius 3 is 2.76 bits per heavy atom. The number of thiophene rings is 1. The highest BCUT2D eigenvalue weighted by atomic mass is 32.1. The summed E-state index contributed by atoms with van der Waals surface area (Å²) in [6, 6.07) is 12.1.